The molecule has 0 fully saturated rings. The highest BCUT2D eigenvalue weighted by Crippen LogP contribution is 2.15. The second-order valence-corrected chi connectivity index (χ2v) is 5.91. The van der Waals surface area contributed by atoms with E-state index in [0.717, 1.165) is 5.56 Å². The van der Waals surface area contributed by atoms with Crippen LogP contribution < -0.4 is 0 Å². The van der Waals surface area contributed by atoms with Gasteiger partial charge in [0.25, 0.3) is 0 Å². The maximum atomic E-state index is 11.9. The zero-order chi connectivity index (χ0) is 14.8. The van der Waals surface area contributed by atoms with Crippen molar-refractivity contribution in [1.82, 2.24) is 0 Å². The van der Waals surface area contributed by atoms with Crippen molar-refractivity contribution >= 4 is 21.6 Å². The number of carbonyl (C=O) groups is 1. The Morgan fingerprint density at radius 3 is 2.30 bits per heavy atom. The number of allylic oxidation sites excluding steroid dienone is 4. The molecule has 6 heteroatoms. The van der Waals surface area contributed by atoms with Gasteiger partial charge in [-0.2, -0.15) is 8.42 Å². The third-order valence-electron chi connectivity index (χ3n) is 2.71. The number of hydrogen-bond acceptors (Lipinski definition) is 5. The Hall–Kier alpha value is -2.21. The largest absolute Gasteiger partial charge is 0.358 e. The first-order chi connectivity index (χ1) is 9.38. The van der Waals surface area contributed by atoms with E-state index in [1.807, 2.05) is 6.92 Å². The molecule has 0 aromatic heterocycles. The number of carbonyl (C=O) groups excluding carboxylic acids is 1. The van der Waals surface area contributed by atoms with Crippen LogP contribution in [0.2, 0.25) is 0 Å². The third kappa shape index (κ3) is 3.21. The summed E-state index contributed by atoms with van der Waals surface area (Å²) in [5.41, 5.74) is 1.81. The normalized spacial score (nSPS) is 17.2. The van der Waals surface area contributed by atoms with Gasteiger partial charge in [-0.25, -0.2) is 0 Å². The Morgan fingerprint density at radius 1 is 1.05 bits per heavy atom. The number of ketones is 1. The zero-order valence-corrected chi connectivity index (χ0v) is 11.8. The lowest BCUT2D eigenvalue weighted by atomic mass is 10.1. The average molecular weight is 291 g/mol. The summed E-state index contributed by atoms with van der Waals surface area (Å²) in [6.45, 7) is 3.51. The van der Waals surface area contributed by atoms with Crippen molar-refractivity contribution in [2.75, 3.05) is 0 Å². The minimum Gasteiger partial charge on any atom is -0.290 e. The molecule has 0 saturated heterocycles. The highest BCUT2D eigenvalue weighted by Gasteiger charge is 2.16. The van der Waals surface area contributed by atoms with Gasteiger partial charge >= 0.3 is 10.1 Å². The van der Waals surface area contributed by atoms with Crippen LogP contribution in [-0.2, 0) is 19.2 Å². The molecule has 1 aliphatic rings. The van der Waals surface area contributed by atoms with Gasteiger partial charge in [0.15, 0.2) is 5.78 Å². The molecule has 1 aromatic carbocycles. The summed E-state index contributed by atoms with van der Waals surface area (Å²) in [5.74, 6) is -0.164. The summed E-state index contributed by atoms with van der Waals surface area (Å²) in [6.07, 6.45) is 4.08. The molecule has 0 saturated carbocycles. The van der Waals surface area contributed by atoms with Crippen molar-refractivity contribution < 1.29 is 17.5 Å². The van der Waals surface area contributed by atoms with E-state index in [4.69, 9.17) is 0 Å². The summed E-state index contributed by atoms with van der Waals surface area (Å²) in [6, 6.07) is 6.25. The minimum absolute atomic E-state index is 0.0324. The fourth-order valence-electron chi connectivity index (χ4n) is 1.57. The monoisotopic (exact) mass is 291 g/mol. The van der Waals surface area contributed by atoms with Gasteiger partial charge < -0.3 is 0 Å². The lowest BCUT2D eigenvalue weighted by Crippen LogP contribution is -2.09. The van der Waals surface area contributed by atoms with Gasteiger partial charge in [0.2, 0.25) is 0 Å². The van der Waals surface area contributed by atoms with Gasteiger partial charge in [-0.1, -0.05) is 22.9 Å². The molecule has 104 valence electrons. The van der Waals surface area contributed by atoms with E-state index < -0.39 is 10.1 Å². The molecule has 0 amide bonds. The quantitative estimate of drug-likeness (QED) is 0.632. The number of nitrogens with zero attached hydrogens (tertiary/aromatic N) is 1. The summed E-state index contributed by atoms with van der Waals surface area (Å²) in [4.78, 5) is 11.1. The summed E-state index contributed by atoms with van der Waals surface area (Å²) < 4.78 is 28.5. The van der Waals surface area contributed by atoms with E-state index in [2.05, 4.69) is 9.44 Å². The number of rotatable bonds is 3. The number of benzene rings is 1. The van der Waals surface area contributed by atoms with Crippen molar-refractivity contribution in [1.29, 1.82) is 0 Å². The molecule has 0 spiro atoms. The van der Waals surface area contributed by atoms with E-state index in [1.165, 1.54) is 30.4 Å². The van der Waals surface area contributed by atoms with Crippen LogP contribution in [0.4, 0.5) is 0 Å². The van der Waals surface area contributed by atoms with Gasteiger partial charge in [-0.15, -0.1) is 0 Å². The predicted molar refractivity (Wildman–Crippen MR) is 74.8 cm³/mol. The number of oxime groups is 1. The van der Waals surface area contributed by atoms with Gasteiger partial charge in [-0.05, 0) is 49.8 Å². The first-order valence-electron chi connectivity index (χ1n) is 5.87. The smallest absolute Gasteiger partial charge is 0.290 e. The molecule has 0 radical (unpaired) electrons. The molecular weight excluding hydrogens is 278 g/mol. The maximum Gasteiger partial charge on any atom is 0.358 e. The van der Waals surface area contributed by atoms with E-state index in [-0.39, 0.29) is 10.7 Å². The molecule has 0 heterocycles. The molecule has 0 bridgehead atoms. The summed E-state index contributed by atoms with van der Waals surface area (Å²) >= 11 is 0. The van der Waals surface area contributed by atoms with Crippen molar-refractivity contribution in [3.63, 3.8) is 0 Å². The van der Waals surface area contributed by atoms with Crippen molar-refractivity contribution in [2.45, 2.75) is 18.7 Å². The Kier molecular flexibility index (Phi) is 3.85. The molecule has 1 aliphatic carbocycles. The molecule has 0 atom stereocenters. The topological polar surface area (TPSA) is 72.8 Å². The molecule has 20 heavy (non-hydrogen) atoms. The Morgan fingerprint density at radius 2 is 1.70 bits per heavy atom. The Bertz CT molecular complexity index is 725. The van der Waals surface area contributed by atoms with Gasteiger partial charge in [0.1, 0.15) is 10.6 Å². The maximum absolute atomic E-state index is 11.9. The highest BCUT2D eigenvalue weighted by atomic mass is 32.2. The highest BCUT2D eigenvalue weighted by molar-refractivity contribution is 7.86. The SMILES string of the molecule is CC1=CC(=O)C=C/C1=N\OS(=O)(=O)c1ccc(C)cc1. The summed E-state index contributed by atoms with van der Waals surface area (Å²) in [5, 5.41) is 3.59. The molecule has 5 nitrogen and oxygen atoms in total. The van der Waals surface area contributed by atoms with Crippen molar-refractivity contribution in [3.8, 4) is 0 Å². The van der Waals surface area contributed by atoms with E-state index in [0.29, 0.717) is 11.3 Å². The zero-order valence-electron chi connectivity index (χ0n) is 11.0. The average Bonchev–Trinajstić information content (AvgIpc) is 2.38. The fraction of sp³-hybridized carbons (Fsp3) is 0.143. The van der Waals surface area contributed by atoms with Crippen LogP contribution in [0.5, 0.6) is 0 Å². The fourth-order valence-corrected chi connectivity index (χ4v) is 2.30. The molecule has 0 unspecified atom stereocenters. The Balaban J connectivity index is 2.22. The van der Waals surface area contributed by atoms with Gasteiger partial charge in [0, 0.05) is 0 Å². The number of hydrogen-bond donors (Lipinski definition) is 0. The van der Waals surface area contributed by atoms with Crippen LogP contribution in [-0.4, -0.2) is 19.9 Å². The van der Waals surface area contributed by atoms with Crippen LogP contribution in [0.3, 0.4) is 0 Å². The second kappa shape index (κ2) is 5.42. The minimum atomic E-state index is -3.95. The van der Waals surface area contributed by atoms with E-state index in [1.54, 1.807) is 19.1 Å². The van der Waals surface area contributed by atoms with E-state index in [9.17, 15) is 13.2 Å². The van der Waals surface area contributed by atoms with Crippen LogP contribution in [0.25, 0.3) is 0 Å². The molecule has 1 aromatic rings. The van der Waals surface area contributed by atoms with Crippen LogP contribution >= 0.6 is 0 Å². The first-order valence-corrected chi connectivity index (χ1v) is 7.28. The van der Waals surface area contributed by atoms with E-state index >= 15 is 0 Å². The van der Waals surface area contributed by atoms with Crippen LogP contribution in [0.1, 0.15) is 12.5 Å². The summed E-state index contributed by atoms with van der Waals surface area (Å²) in [7, 11) is -3.95. The second-order valence-electron chi connectivity index (χ2n) is 4.38. The predicted octanol–water partition coefficient (Wildman–Crippen LogP) is 2.14. The van der Waals surface area contributed by atoms with Crippen molar-refractivity contribution in [2.24, 2.45) is 5.16 Å². The molecule has 0 aliphatic heterocycles. The third-order valence-corrected chi connectivity index (χ3v) is 3.83. The van der Waals surface area contributed by atoms with Crippen molar-refractivity contribution in [3.05, 3.63) is 53.6 Å². The van der Waals surface area contributed by atoms with Gasteiger partial charge in [0.05, 0.1) is 0 Å². The molecular formula is C14H13NO4S. The lowest BCUT2D eigenvalue weighted by Gasteiger charge is -2.06. The molecule has 0 N–H and O–H groups in total. The first kappa shape index (κ1) is 14.2. The number of aryl methyl sites for hydroxylation is 1. The lowest BCUT2D eigenvalue weighted by molar-refractivity contribution is -0.110. The Labute approximate surface area is 117 Å². The van der Waals surface area contributed by atoms with Crippen LogP contribution in [0.15, 0.2) is 58.1 Å². The van der Waals surface area contributed by atoms with Crippen LogP contribution in [0, 0.1) is 6.92 Å². The molecule has 2 rings (SSSR count). The van der Waals surface area contributed by atoms with Gasteiger partial charge in [-0.3, -0.25) is 9.08 Å². The standard InChI is InChI=1S/C14H13NO4S/c1-10-3-6-13(7-4-10)20(17,18)19-15-14-8-5-12(16)9-11(14)2/h3-9H,1-2H3/b15-14+.